The highest BCUT2D eigenvalue weighted by molar-refractivity contribution is 5.27. The van der Waals surface area contributed by atoms with Crippen molar-refractivity contribution in [3.05, 3.63) is 29.8 Å². The lowest BCUT2D eigenvalue weighted by Gasteiger charge is -2.07. The van der Waals surface area contributed by atoms with Crippen molar-refractivity contribution in [2.24, 2.45) is 0 Å². The third-order valence-corrected chi connectivity index (χ3v) is 2.07. The Hall–Kier alpha value is -1.02. The Balaban J connectivity index is 0.00000121. The zero-order valence-corrected chi connectivity index (χ0v) is 7.75. The smallest absolute Gasteiger partial charge is 0.115 e. The number of rotatable bonds is 2. The minimum Gasteiger partial charge on any atom is -0.508 e. The van der Waals surface area contributed by atoms with Gasteiger partial charge in [0.25, 0.3) is 0 Å². The monoisotopic (exact) mass is 167 g/mol. The van der Waals surface area contributed by atoms with Gasteiger partial charge in [0.2, 0.25) is 0 Å². The van der Waals surface area contributed by atoms with E-state index >= 15 is 0 Å². The van der Waals surface area contributed by atoms with Crippen LogP contribution in [0.2, 0.25) is 0 Å². The molecular weight excluding hydrogens is 150 g/mol. The van der Waals surface area contributed by atoms with Gasteiger partial charge in [-0.25, -0.2) is 0 Å². The molecule has 0 aliphatic rings. The van der Waals surface area contributed by atoms with Crippen molar-refractivity contribution in [1.82, 2.24) is 6.15 Å². The van der Waals surface area contributed by atoms with E-state index in [1.807, 2.05) is 12.1 Å². The second-order valence-corrected chi connectivity index (χ2v) is 2.90. The van der Waals surface area contributed by atoms with Gasteiger partial charge in [0.15, 0.2) is 0 Å². The Morgan fingerprint density at radius 2 is 1.75 bits per heavy atom. The maximum atomic E-state index is 9.01. The van der Waals surface area contributed by atoms with Crippen LogP contribution in [-0.4, -0.2) is 5.11 Å². The number of benzene rings is 1. The maximum absolute atomic E-state index is 9.01. The third kappa shape index (κ3) is 2.55. The Morgan fingerprint density at radius 3 is 2.17 bits per heavy atom. The first-order valence-corrected chi connectivity index (χ1v) is 4.03. The van der Waals surface area contributed by atoms with Crippen LogP contribution in [0.4, 0.5) is 0 Å². The predicted octanol–water partition coefficient (Wildman–Crippen LogP) is 3.07. The molecule has 0 saturated heterocycles. The van der Waals surface area contributed by atoms with Crippen molar-refractivity contribution in [1.29, 1.82) is 0 Å². The summed E-state index contributed by atoms with van der Waals surface area (Å²) in [6, 6.07) is 7.43. The predicted molar refractivity (Wildman–Crippen MR) is 51.8 cm³/mol. The second-order valence-electron chi connectivity index (χ2n) is 2.90. The van der Waals surface area contributed by atoms with Crippen molar-refractivity contribution in [2.45, 2.75) is 26.2 Å². The van der Waals surface area contributed by atoms with E-state index in [0.29, 0.717) is 11.7 Å². The van der Waals surface area contributed by atoms with E-state index in [4.69, 9.17) is 5.11 Å². The average molecular weight is 167 g/mol. The molecule has 1 atom stereocenters. The van der Waals surface area contributed by atoms with Crippen molar-refractivity contribution in [3.63, 3.8) is 0 Å². The fourth-order valence-corrected chi connectivity index (χ4v) is 1.04. The number of phenols is 1. The second kappa shape index (κ2) is 4.78. The van der Waals surface area contributed by atoms with E-state index < -0.39 is 0 Å². The van der Waals surface area contributed by atoms with Gasteiger partial charge in [0.1, 0.15) is 5.75 Å². The molecule has 2 heteroatoms. The molecule has 0 spiro atoms. The molecule has 0 fully saturated rings. The third-order valence-electron chi connectivity index (χ3n) is 2.07. The molecule has 0 aliphatic carbocycles. The molecule has 0 aromatic heterocycles. The molecule has 12 heavy (non-hydrogen) atoms. The van der Waals surface area contributed by atoms with E-state index in [0.717, 1.165) is 6.42 Å². The van der Waals surface area contributed by atoms with Crippen molar-refractivity contribution >= 4 is 0 Å². The molecule has 1 aromatic rings. The summed E-state index contributed by atoms with van der Waals surface area (Å²) in [6.45, 7) is 4.35. The average Bonchev–Trinajstić information content (AvgIpc) is 2.05. The number of aromatic hydroxyl groups is 1. The molecule has 1 rings (SSSR count). The van der Waals surface area contributed by atoms with Gasteiger partial charge >= 0.3 is 0 Å². The summed E-state index contributed by atoms with van der Waals surface area (Å²) in [5.74, 6) is 0.938. The molecular formula is C10H17NO. The lowest BCUT2D eigenvalue weighted by molar-refractivity contribution is 0.475. The van der Waals surface area contributed by atoms with E-state index in [9.17, 15) is 0 Å². The molecule has 68 valence electrons. The van der Waals surface area contributed by atoms with E-state index in [2.05, 4.69) is 13.8 Å². The van der Waals surface area contributed by atoms with Gasteiger partial charge in [-0.15, -0.1) is 0 Å². The Labute approximate surface area is 73.8 Å². The van der Waals surface area contributed by atoms with Gasteiger partial charge in [-0.2, -0.15) is 0 Å². The van der Waals surface area contributed by atoms with Gasteiger partial charge in [-0.3, -0.25) is 0 Å². The lowest BCUT2D eigenvalue weighted by atomic mass is 9.99. The lowest BCUT2D eigenvalue weighted by Crippen LogP contribution is -1.89. The van der Waals surface area contributed by atoms with Gasteiger partial charge in [0.05, 0.1) is 0 Å². The highest BCUT2D eigenvalue weighted by Crippen LogP contribution is 2.20. The summed E-state index contributed by atoms with van der Waals surface area (Å²) in [4.78, 5) is 0. The highest BCUT2D eigenvalue weighted by atomic mass is 16.3. The SMILES string of the molecule is CCC(C)c1ccc(O)cc1.N. The molecule has 0 aliphatic heterocycles. The summed E-state index contributed by atoms with van der Waals surface area (Å²) >= 11 is 0. The van der Waals surface area contributed by atoms with Gasteiger partial charge in [-0.05, 0) is 30.0 Å². The van der Waals surface area contributed by atoms with E-state index in [1.165, 1.54) is 5.56 Å². The first kappa shape index (κ1) is 11.0. The van der Waals surface area contributed by atoms with Crippen molar-refractivity contribution in [3.8, 4) is 5.75 Å². The number of phenolic OH excluding ortho intramolecular Hbond substituents is 1. The van der Waals surface area contributed by atoms with Crippen LogP contribution in [0.25, 0.3) is 0 Å². The van der Waals surface area contributed by atoms with Crippen LogP contribution < -0.4 is 6.15 Å². The maximum Gasteiger partial charge on any atom is 0.115 e. The first-order valence-electron chi connectivity index (χ1n) is 4.03. The van der Waals surface area contributed by atoms with Crippen LogP contribution in [0, 0.1) is 0 Å². The topological polar surface area (TPSA) is 55.2 Å². The normalized spacial score (nSPS) is 11.8. The Morgan fingerprint density at radius 1 is 1.25 bits per heavy atom. The largest absolute Gasteiger partial charge is 0.508 e. The minimum absolute atomic E-state index is 0. The van der Waals surface area contributed by atoms with Gasteiger partial charge < -0.3 is 11.3 Å². The van der Waals surface area contributed by atoms with Gasteiger partial charge in [0, 0.05) is 0 Å². The molecule has 2 nitrogen and oxygen atoms in total. The fraction of sp³-hybridized carbons (Fsp3) is 0.400. The van der Waals surface area contributed by atoms with Crippen LogP contribution in [0.1, 0.15) is 31.7 Å². The van der Waals surface area contributed by atoms with Crippen LogP contribution >= 0.6 is 0 Å². The quantitative estimate of drug-likeness (QED) is 0.711. The van der Waals surface area contributed by atoms with E-state index in [-0.39, 0.29) is 6.15 Å². The molecule has 0 saturated carbocycles. The molecule has 1 aromatic carbocycles. The Kier molecular flexibility index (Phi) is 4.37. The highest BCUT2D eigenvalue weighted by Gasteiger charge is 2.00. The van der Waals surface area contributed by atoms with Crippen LogP contribution in [0.5, 0.6) is 5.75 Å². The first-order chi connectivity index (χ1) is 5.24. The zero-order valence-electron chi connectivity index (χ0n) is 7.75. The summed E-state index contributed by atoms with van der Waals surface area (Å²) in [5, 5.41) is 9.01. The molecule has 0 amide bonds. The minimum atomic E-state index is 0. The van der Waals surface area contributed by atoms with Gasteiger partial charge in [-0.1, -0.05) is 26.0 Å². The fourth-order valence-electron chi connectivity index (χ4n) is 1.04. The summed E-state index contributed by atoms with van der Waals surface area (Å²) in [6.07, 6.45) is 1.14. The van der Waals surface area contributed by atoms with Crippen LogP contribution in [0.15, 0.2) is 24.3 Å². The molecule has 4 N–H and O–H groups in total. The molecule has 0 bridgehead atoms. The Bertz CT molecular complexity index is 218. The summed E-state index contributed by atoms with van der Waals surface area (Å²) in [7, 11) is 0. The molecule has 1 unspecified atom stereocenters. The van der Waals surface area contributed by atoms with Crippen LogP contribution in [-0.2, 0) is 0 Å². The zero-order chi connectivity index (χ0) is 8.27. The van der Waals surface area contributed by atoms with Crippen molar-refractivity contribution < 1.29 is 5.11 Å². The van der Waals surface area contributed by atoms with Crippen LogP contribution in [0.3, 0.4) is 0 Å². The standard InChI is InChI=1S/C10H14O.H3N/c1-3-8(2)9-4-6-10(11)7-5-9;/h4-8,11H,3H2,1-2H3;1H3. The molecule has 0 radical (unpaired) electrons. The molecule has 0 heterocycles. The summed E-state index contributed by atoms with van der Waals surface area (Å²) in [5.41, 5.74) is 1.30. The summed E-state index contributed by atoms with van der Waals surface area (Å²) < 4.78 is 0. The number of hydrogen-bond donors (Lipinski definition) is 2. The number of hydrogen-bond acceptors (Lipinski definition) is 2. The van der Waals surface area contributed by atoms with E-state index in [1.54, 1.807) is 12.1 Å². The van der Waals surface area contributed by atoms with Crippen molar-refractivity contribution in [2.75, 3.05) is 0 Å².